The number of amides is 1. The molecule has 0 saturated heterocycles. The first kappa shape index (κ1) is 75.2. The Bertz CT molecular complexity index is 1640. The lowest BCUT2D eigenvalue weighted by atomic mass is 10.0. The third-order valence-corrected chi connectivity index (χ3v) is 14.9. The summed E-state index contributed by atoms with van der Waals surface area (Å²) in [5.74, 6) is -0.213. The third-order valence-electron chi connectivity index (χ3n) is 13.9. The second kappa shape index (κ2) is 58.8. The van der Waals surface area contributed by atoms with E-state index in [1.165, 1.54) is 167 Å². The first-order valence-electron chi connectivity index (χ1n) is 32.2. The first-order valence-corrected chi connectivity index (χ1v) is 33.7. The molecule has 0 saturated carbocycles. The van der Waals surface area contributed by atoms with Gasteiger partial charge in [-0.05, 0) is 96.3 Å². The fourth-order valence-electron chi connectivity index (χ4n) is 8.95. The maximum atomic E-state index is 13.0. The van der Waals surface area contributed by atoms with Crippen molar-refractivity contribution in [1.82, 2.24) is 5.32 Å². The van der Waals surface area contributed by atoms with Gasteiger partial charge in [-0.3, -0.25) is 9.36 Å². The van der Waals surface area contributed by atoms with Gasteiger partial charge in [-0.1, -0.05) is 277 Å². The van der Waals surface area contributed by atoms with Crippen LogP contribution in [0.2, 0.25) is 0 Å². The topological polar surface area (TPSA) is 108 Å². The molecule has 0 fully saturated rings. The number of aliphatic hydroxyl groups is 1. The average molecular weight is 1110 g/mol. The summed E-state index contributed by atoms with van der Waals surface area (Å²) >= 11 is 0. The number of hydrogen-bond donors (Lipinski definition) is 2. The quantitative estimate of drug-likeness (QED) is 0.0272. The molecule has 0 aromatic rings. The van der Waals surface area contributed by atoms with E-state index in [2.05, 4.69) is 116 Å². The number of hydrogen-bond acceptors (Lipinski definition) is 6. The van der Waals surface area contributed by atoms with Gasteiger partial charge in [-0.15, -0.1) is 0 Å². The van der Waals surface area contributed by atoms with E-state index < -0.39 is 26.6 Å². The van der Waals surface area contributed by atoms with Crippen LogP contribution in [-0.4, -0.2) is 68.5 Å². The Morgan fingerprint density at radius 2 is 0.795 bits per heavy atom. The molecule has 3 unspecified atom stereocenters. The summed E-state index contributed by atoms with van der Waals surface area (Å²) in [6.45, 7) is 4.52. The summed E-state index contributed by atoms with van der Waals surface area (Å²) < 4.78 is 23.4. The molecule has 0 spiro atoms. The fraction of sp³-hybridized carbons (Fsp3) is 0.725. The molecule has 0 aliphatic carbocycles. The van der Waals surface area contributed by atoms with Crippen LogP contribution in [0.5, 0.6) is 0 Å². The maximum absolute atomic E-state index is 13.0. The lowest BCUT2D eigenvalue weighted by Crippen LogP contribution is -2.45. The monoisotopic (exact) mass is 1110 g/mol. The molecular formula is C69H123N2O6P. The minimum atomic E-state index is -4.62. The van der Waals surface area contributed by atoms with Crippen molar-refractivity contribution in [3.63, 3.8) is 0 Å². The van der Waals surface area contributed by atoms with E-state index in [-0.39, 0.29) is 12.5 Å². The van der Waals surface area contributed by atoms with Gasteiger partial charge in [0.1, 0.15) is 13.2 Å². The SMILES string of the molecule is CC/C=C\C/C=C\C/C=C\C/C=C\C/C=C\C/C=C\CCCCCCCCCCCCCCCCCCC(=O)NC(COP(=O)([O-])OCC[N+](C)(C)C)C(O)/C=C/CC/C=C/CC/C=C/CCCCCCCCCCCCC. The number of nitrogens with one attached hydrogen (secondary N) is 1. The fourth-order valence-corrected chi connectivity index (χ4v) is 9.68. The number of allylic oxidation sites excluding steroid dienone is 17. The summed E-state index contributed by atoms with van der Waals surface area (Å²) in [5, 5.41) is 13.9. The molecule has 3 atom stereocenters. The Morgan fingerprint density at radius 3 is 1.19 bits per heavy atom. The Labute approximate surface area is 482 Å². The third kappa shape index (κ3) is 60.8. The van der Waals surface area contributed by atoms with Crippen molar-refractivity contribution >= 4 is 13.7 Å². The van der Waals surface area contributed by atoms with E-state index in [0.717, 1.165) is 83.5 Å². The van der Waals surface area contributed by atoms with E-state index in [1.807, 2.05) is 27.2 Å². The van der Waals surface area contributed by atoms with Gasteiger partial charge >= 0.3 is 0 Å². The molecule has 0 aromatic heterocycles. The summed E-state index contributed by atoms with van der Waals surface area (Å²) in [5.41, 5.74) is 0. The standard InChI is InChI=1S/C69H123N2O6P/c1-6-8-10-12-14-16-18-20-22-24-26-28-29-30-31-32-33-34-35-36-37-38-39-40-41-43-45-47-49-51-53-55-57-59-61-63-69(73)70-67(66-77-78(74,75)76-65-64-71(3,4)5)68(72)62-60-58-56-54-52-50-48-46-44-42-27-25-23-21-19-17-15-13-11-9-7-2/h8,10,14,16,20,22,26,28,30-31,33-34,44,46,52,54,60,62,67-68,72H,6-7,9,11-13,15,17-19,21,23-25,27,29,32,35-43,45,47-51,53,55-59,61,63-66H2,1-5H3,(H-,70,73,74,75)/b10-8-,16-14-,22-20-,28-26-,31-30-,34-33-,46-44+,54-52+,62-60+. The van der Waals surface area contributed by atoms with Crippen molar-refractivity contribution in [2.75, 3.05) is 40.9 Å². The first-order chi connectivity index (χ1) is 38.0. The molecule has 2 N–H and O–H groups in total. The van der Waals surface area contributed by atoms with E-state index in [4.69, 9.17) is 9.05 Å². The van der Waals surface area contributed by atoms with Crippen LogP contribution in [-0.2, 0) is 18.4 Å². The van der Waals surface area contributed by atoms with Gasteiger partial charge in [0.15, 0.2) is 0 Å². The van der Waals surface area contributed by atoms with Crippen molar-refractivity contribution in [3.8, 4) is 0 Å². The Hall–Kier alpha value is -2.84. The zero-order valence-corrected chi connectivity index (χ0v) is 52.2. The highest BCUT2D eigenvalue weighted by Gasteiger charge is 2.23. The number of phosphoric acid groups is 1. The molecular weight excluding hydrogens is 984 g/mol. The molecule has 0 aromatic carbocycles. The van der Waals surface area contributed by atoms with Crippen LogP contribution in [0.4, 0.5) is 0 Å². The number of phosphoric ester groups is 1. The number of carbonyl (C=O) groups is 1. The molecule has 450 valence electrons. The molecule has 9 heteroatoms. The van der Waals surface area contributed by atoms with Gasteiger partial charge < -0.3 is 28.8 Å². The summed E-state index contributed by atoms with van der Waals surface area (Å²) in [7, 11) is 1.23. The normalized spacial score (nSPS) is 14.5. The number of quaternary nitrogens is 1. The Balaban J connectivity index is 4.14. The molecule has 1 amide bonds. The second-order valence-corrected chi connectivity index (χ2v) is 24.1. The largest absolute Gasteiger partial charge is 0.756 e. The molecule has 0 rings (SSSR count). The molecule has 0 radical (unpaired) electrons. The predicted molar refractivity (Wildman–Crippen MR) is 339 cm³/mol. The minimum absolute atomic E-state index is 0.0124. The van der Waals surface area contributed by atoms with Gasteiger partial charge in [0, 0.05) is 6.42 Å². The van der Waals surface area contributed by atoms with Crippen LogP contribution < -0.4 is 10.2 Å². The lowest BCUT2D eigenvalue weighted by Gasteiger charge is -2.29. The van der Waals surface area contributed by atoms with Gasteiger partial charge in [0.05, 0.1) is 39.9 Å². The van der Waals surface area contributed by atoms with Crippen LogP contribution in [0, 0.1) is 0 Å². The lowest BCUT2D eigenvalue weighted by molar-refractivity contribution is -0.870. The highest BCUT2D eigenvalue weighted by Crippen LogP contribution is 2.38. The number of carbonyl (C=O) groups excluding carboxylic acids is 1. The van der Waals surface area contributed by atoms with Crippen molar-refractivity contribution in [1.29, 1.82) is 0 Å². The molecule has 0 aliphatic heterocycles. The van der Waals surface area contributed by atoms with Crippen molar-refractivity contribution in [2.45, 2.75) is 283 Å². The molecule has 0 heterocycles. The van der Waals surface area contributed by atoms with E-state index in [1.54, 1.807) is 6.08 Å². The molecule has 78 heavy (non-hydrogen) atoms. The summed E-state index contributed by atoms with van der Waals surface area (Å²) in [4.78, 5) is 25.6. The highest BCUT2D eigenvalue weighted by molar-refractivity contribution is 7.45. The smallest absolute Gasteiger partial charge is 0.268 e. The van der Waals surface area contributed by atoms with E-state index in [9.17, 15) is 19.4 Å². The highest BCUT2D eigenvalue weighted by atomic mass is 31.2. The van der Waals surface area contributed by atoms with Crippen LogP contribution in [0.1, 0.15) is 271 Å². The number of likely N-dealkylation sites (N-methyl/N-ethyl adjacent to an activating group) is 1. The maximum Gasteiger partial charge on any atom is 0.268 e. The number of nitrogens with zero attached hydrogens (tertiary/aromatic N) is 1. The molecule has 8 nitrogen and oxygen atoms in total. The van der Waals surface area contributed by atoms with Gasteiger partial charge in [-0.2, -0.15) is 0 Å². The minimum Gasteiger partial charge on any atom is -0.756 e. The van der Waals surface area contributed by atoms with E-state index >= 15 is 0 Å². The van der Waals surface area contributed by atoms with Crippen molar-refractivity contribution in [3.05, 3.63) is 109 Å². The average Bonchev–Trinajstić information content (AvgIpc) is 3.41. The van der Waals surface area contributed by atoms with Crippen LogP contribution in [0.3, 0.4) is 0 Å². The molecule has 0 aliphatic rings. The Kier molecular flexibility index (Phi) is 56.7. The van der Waals surface area contributed by atoms with E-state index in [0.29, 0.717) is 17.4 Å². The summed E-state index contributed by atoms with van der Waals surface area (Å²) in [6, 6.07) is -0.916. The van der Waals surface area contributed by atoms with Crippen molar-refractivity contribution in [2.24, 2.45) is 0 Å². The van der Waals surface area contributed by atoms with Crippen molar-refractivity contribution < 1.29 is 32.9 Å². The predicted octanol–water partition coefficient (Wildman–Crippen LogP) is 19.7. The number of rotatable bonds is 58. The number of aliphatic hydroxyl groups excluding tert-OH is 1. The second-order valence-electron chi connectivity index (χ2n) is 22.7. The zero-order valence-electron chi connectivity index (χ0n) is 51.3. The van der Waals surface area contributed by atoms with Gasteiger partial charge in [0.2, 0.25) is 5.91 Å². The zero-order chi connectivity index (χ0) is 57.0. The van der Waals surface area contributed by atoms with Crippen LogP contribution >= 0.6 is 7.82 Å². The van der Waals surface area contributed by atoms with Crippen LogP contribution in [0.15, 0.2) is 109 Å². The summed E-state index contributed by atoms with van der Waals surface area (Å²) in [6.07, 6.45) is 86.2. The van der Waals surface area contributed by atoms with Gasteiger partial charge in [0.25, 0.3) is 7.82 Å². The van der Waals surface area contributed by atoms with Crippen LogP contribution in [0.25, 0.3) is 0 Å². The number of unbranched alkanes of at least 4 members (excludes halogenated alkanes) is 29. The Morgan fingerprint density at radius 1 is 0.462 bits per heavy atom. The molecule has 0 bridgehead atoms. The van der Waals surface area contributed by atoms with Gasteiger partial charge in [-0.25, -0.2) is 0 Å².